The van der Waals surface area contributed by atoms with E-state index in [1.807, 2.05) is 0 Å². The number of carbonyl (C=O) groups is 2. The average molecular weight is 188 g/mol. The van der Waals surface area contributed by atoms with Gasteiger partial charge in [0.2, 0.25) is 0 Å². The Kier molecular flexibility index (Phi) is 3.91. The molecule has 4 nitrogen and oxygen atoms in total. The van der Waals surface area contributed by atoms with Crippen LogP contribution in [0, 0.1) is 11.3 Å². The molecule has 0 N–H and O–H groups in total. The predicted octanol–water partition coefficient (Wildman–Crippen LogP) is 0.995. The highest BCUT2D eigenvalue weighted by atomic mass is 16.5. The predicted molar refractivity (Wildman–Crippen MR) is 47.0 cm³/mol. The Balaban J connectivity index is 4.94. The number of hydrogen-bond donors (Lipinski definition) is 0. The maximum absolute atomic E-state index is 11.4. The molecule has 0 radical (unpaired) electrons. The Hall–Kier alpha value is -1.06. The smallest absolute Gasteiger partial charge is 0.323 e. The summed E-state index contributed by atoms with van der Waals surface area (Å²) in [5.41, 5.74) is -1.20. The summed E-state index contributed by atoms with van der Waals surface area (Å²) in [5, 5.41) is 0. The molecule has 0 saturated heterocycles. The molecule has 0 spiro atoms. The molecule has 0 aromatic heterocycles. The van der Waals surface area contributed by atoms with Crippen molar-refractivity contribution < 1.29 is 19.1 Å². The number of rotatable bonds is 3. The van der Waals surface area contributed by atoms with E-state index in [0.717, 1.165) is 0 Å². The zero-order chi connectivity index (χ0) is 10.6. The SMILES string of the molecule is COC(=O)C(C)(C(=O)OC)C(C)C. The normalized spacial score (nSPS) is 11.2. The van der Waals surface area contributed by atoms with Crippen molar-refractivity contribution in [2.75, 3.05) is 14.2 Å². The van der Waals surface area contributed by atoms with E-state index in [1.165, 1.54) is 21.1 Å². The third kappa shape index (κ3) is 1.99. The number of esters is 2. The minimum atomic E-state index is -1.20. The number of methoxy groups -OCH3 is 2. The van der Waals surface area contributed by atoms with Crippen LogP contribution >= 0.6 is 0 Å². The summed E-state index contributed by atoms with van der Waals surface area (Å²) >= 11 is 0. The maximum Gasteiger partial charge on any atom is 0.323 e. The van der Waals surface area contributed by atoms with Gasteiger partial charge in [-0.25, -0.2) is 0 Å². The van der Waals surface area contributed by atoms with Crippen LogP contribution in [0.4, 0.5) is 0 Å². The standard InChI is InChI=1S/C9H16O4/c1-6(2)9(3,7(10)12-4)8(11)13-5/h6H,1-5H3. The second kappa shape index (κ2) is 4.25. The van der Waals surface area contributed by atoms with Crippen molar-refractivity contribution in [2.24, 2.45) is 11.3 Å². The van der Waals surface area contributed by atoms with E-state index < -0.39 is 17.4 Å². The quantitative estimate of drug-likeness (QED) is 0.489. The van der Waals surface area contributed by atoms with Crippen molar-refractivity contribution in [3.63, 3.8) is 0 Å². The maximum atomic E-state index is 11.4. The van der Waals surface area contributed by atoms with Gasteiger partial charge in [0.15, 0.2) is 5.41 Å². The Morgan fingerprint density at radius 2 is 1.38 bits per heavy atom. The van der Waals surface area contributed by atoms with Gasteiger partial charge in [0.25, 0.3) is 0 Å². The molecule has 0 aliphatic rings. The largest absolute Gasteiger partial charge is 0.468 e. The minimum Gasteiger partial charge on any atom is -0.468 e. The highest BCUT2D eigenvalue weighted by Crippen LogP contribution is 2.29. The van der Waals surface area contributed by atoms with Gasteiger partial charge < -0.3 is 9.47 Å². The van der Waals surface area contributed by atoms with Gasteiger partial charge in [-0.15, -0.1) is 0 Å². The Morgan fingerprint density at radius 3 is 1.54 bits per heavy atom. The van der Waals surface area contributed by atoms with Gasteiger partial charge in [-0.1, -0.05) is 13.8 Å². The summed E-state index contributed by atoms with van der Waals surface area (Å²) in [4.78, 5) is 22.7. The van der Waals surface area contributed by atoms with E-state index in [2.05, 4.69) is 9.47 Å². The first-order chi connectivity index (χ1) is 5.91. The Morgan fingerprint density at radius 1 is 1.08 bits per heavy atom. The lowest BCUT2D eigenvalue weighted by molar-refractivity contribution is -0.171. The van der Waals surface area contributed by atoms with Crippen molar-refractivity contribution in [1.82, 2.24) is 0 Å². The van der Waals surface area contributed by atoms with E-state index in [9.17, 15) is 9.59 Å². The molecule has 0 atom stereocenters. The highest BCUT2D eigenvalue weighted by molar-refractivity contribution is 5.99. The Labute approximate surface area is 78.2 Å². The molecule has 0 saturated carbocycles. The van der Waals surface area contributed by atoms with Gasteiger partial charge in [-0.05, 0) is 12.8 Å². The topological polar surface area (TPSA) is 52.6 Å². The molecular weight excluding hydrogens is 172 g/mol. The molecule has 0 aliphatic carbocycles. The summed E-state index contributed by atoms with van der Waals surface area (Å²) < 4.78 is 9.12. The Bertz CT molecular complexity index is 192. The van der Waals surface area contributed by atoms with Gasteiger partial charge in [-0.2, -0.15) is 0 Å². The van der Waals surface area contributed by atoms with Crippen LogP contribution in [0.1, 0.15) is 20.8 Å². The van der Waals surface area contributed by atoms with Gasteiger partial charge in [-0.3, -0.25) is 9.59 Å². The van der Waals surface area contributed by atoms with Crippen LogP contribution in [0.3, 0.4) is 0 Å². The van der Waals surface area contributed by atoms with Crippen molar-refractivity contribution in [3.8, 4) is 0 Å². The minimum absolute atomic E-state index is 0.160. The van der Waals surface area contributed by atoms with E-state index in [4.69, 9.17) is 0 Å². The lowest BCUT2D eigenvalue weighted by Crippen LogP contribution is -2.42. The first-order valence-corrected chi connectivity index (χ1v) is 4.08. The summed E-state index contributed by atoms with van der Waals surface area (Å²) in [7, 11) is 2.51. The second-order valence-electron chi connectivity index (χ2n) is 3.34. The summed E-state index contributed by atoms with van der Waals surface area (Å²) in [6.45, 7) is 5.07. The molecule has 76 valence electrons. The zero-order valence-electron chi connectivity index (χ0n) is 8.71. The van der Waals surface area contributed by atoms with Crippen molar-refractivity contribution >= 4 is 11.9 Å². The van der Waals surface area contributed by atoms with Gasteiger partial charge in [0.05, 0.1) is 14.2 Å². The van der Waals surface area contributed by atoms with Crippen molar-refractivity contribution in [1.29, 1.82) is 0 Å². The molecule has 0 amide bonds. The van der Waals surface area contributed by atoms with Crippen LogP contribution in [-0.2, 0) is 19.1 Å². The monoisotopic (exact) mass is 188 g/mol. The molecule has 0 bridgehead atoms. The van der Waals surface area contributed by atoms with E-state index in [0.29, 0.717) is 0 Å². The van der Waals surface area contributed by atoms with Crippen molar-refractivity contribution in [3.05, 3.63) is 0 Å². The van der Waals surface area contributed by atoms with Crippen LogP contribution in [0.2, 0.25) is 0 Å². The van der Waals surface area contributed by atoms with Gasteiger partial charge >= 0.3 is 11.9 Å². The summed E-state index contributed by atoms with van der Waals surface area (Å²) in [5.74, 6) is -1.28. The number of hydrogen-bond acceptors (Lipinski definition) is 4. The molecular formula is C9H16O4. The summed E-state index contributed by atoms with van der Waals surface area (Å²) in [6, 6.07) is 0. The molecule has 0 fully saturated rings. The first-order valence-electron chi connectivity index (χ1n) is 4.08. The summed E-state index contributed by atoms with van der Waals surface area (Å²) in [6.07, 6.45) is 0. The van der Waals surface area contributed by atoms with E-state index in [-0.39, 0.29) is 5.92 Å². The molecule has 0 heterocycles. The van der Waals surface area contributed by atoms with Gasteiger partial charge in [0, 0.05) is 0 Å². The second-order valence-corrected chi connectivity index (χ2v) is 3.34. The zero-order valence-corrected chi connectivity index (χ0v) is 8.71. The van der Waals surface area contributed by atoms with Crippen LogP contribution in [0.5, 0.6) is 0 Å². The fraction of sp³-hybridized carbons (Fsp3) is 0.778. The molecule has 0 aliphatic heterocycles. The highest BCUT2D eigenvalue weighted by Gasteiger charge is 2.46. The van der Waals surface area contributed by atoms with Crippen molar-refractivity contribution in [2.45, 2.75) is 20.8 Å². The molecule has 4 heteroatoms. The fourth-order valence-corrected chi connectivity index (χ4v) is 0.979. The van der Waals surface area contributed by atoms with Gasteiger partial charge in [0.1, 0.15) is 0 Å². The molecule has 0 aromatic rings. The van der Waals surface area contributed by atoms with Crippen LogP contribution in [0.15, 0.2) is 0 Å². The van der Waals surface area contributed by atoms with Crippen LogP contribution in [-0.4, -0.2) is 26.2 Å². The van der Waals surface area contributed by atoms with Crippen LogP contribution < -0.4 is 0 Å². The average Bonchev–Trinajstić information content (AvgIpc) is 2.13. The first kappa shape index (κ1) is 11.9. The van der Waals surface area contributed by atoms with Crippen LogP contribution in [0.25, 0.3) is 0 Å². The third-order valence-corrected chi connectivity index (χ3v) is 2.37. The lowest BCUT2D eigenvalue weighted by atomic mass is 9.79. The molecule has 0 unspecified atom stereocenters. The number of ether oxygens (including phenoxy) is 2. The molecule has 0 rings (SSSR count). The van der Waals surface area contributed by atoms with E-state index in [1.54, 1.807) is 13.8 Å². The lowest BCUT2D eigenvalue weighted by Gasteiger charge is -2.27. The molecule has 13 heavy (non-hydrogen) atoms. The fourth-order valence-electron chi connectivity index (χ4n) is 0.979. The number of carbonyl (C=O) groups excluding carboxylic acids is 2. The molecule has 0 aromatic carbocycles. The third-order valence-electron chi connectivity index (χ3n) is 2.37. The van der Waals surface area contributed by atoms with E-state index >= 15 is 0 Å².